The van der Waals surface area contributed by atoms with E-state index >= 15 is 0 Å². The van der Waals surface area contributed by atoms with Gasteiger partial charge in [-0.25, -0.2) is 4.39 Å². The number of nitrogens with one attached hydrogen (secondary N) is 1. The van der Waals surface area contributed by atoms with Crippen LogP contribution < -0.4 is 10.2 Å². The fourth-order valence-corrected chi connectivity index (χ4v) is 2.36. The van der Waals surface area contributed by atoms with Crippen molar-refractivity contribution < 1.29 is 14.0 Å². The van der Waals surface area contributed by atoms with Gasteiger partial charge in [0.25, 0.3) is 0 Å². The van der Waals surface area contributed by atoms with Crippen molar-refractivity contribution in [1.29, 1.82) is 0 Å². The van der Waals surface area contributed by atoms with Crippen LogP contribution in [0.4, 0.5) is 10.1 Å². The van der Waals surface area contributed by atoms with Gasteiger partial charge in [-0.2, -0.15) is 0 Å². The van der Waals surface area contributed by atoms with Crippen LogP contribution in [0, 0.1) is 5.82 Å². The van der Waals surface area contributed by atoms with Crippen molar-refractivity contribution in [2.45, 2.75) is 25.3 Å². The molecule has 0 aliphatic carbocycles. The van der Waals surface area contributed by atoms with Gasteiger partial charge in [-0.1, -0.05) is 6.07 Å². The summed E-state index contributed by atoms with van der Waals surface area (Å²) in [6, 6.07) is 5.65. The van der Waals surface area contributed by atoms with Crippen LogP contribution in [-0.2, 0) is 9.59 Å². The summed E-state index contributed by atoms with van der Waals surface area (Å²) >= 11 is 5.53. The van der Waals surface area contributed by atoms with Crippen LogP contribution in [-0.4, -0.2) is 30.3 Å². The van der Waals surface area contributed by atoms with Gasteiger partial charge in [-0.3, -0.25) is 9.59 Å². The first-order valence-electron chi connectivity index (χ1n) is 6.51. The zero-order valence-electron chi connectivity index (χ0n) is 10.9. The largest absolute Gasteiger partial charge is 0.351 e. The molecule has 1 saturated heterocycles. The van der Waals surface area contributed by atoms with Gasteiger partial charge in [0.2, 0.25) is 11.8 Å². The van der Waals surface area contributed by atoms with Gasteiger partial charge in [-0.05, 0) is 24.6 Å². The smallest absolute Gasteiger partial charge is 0.229 e. The molecule has 0 aromatic heterocycles. The SMILES string of the molecule is O=C(CCCCl)NC1CC(=O)N(c2cccc(F)c2)C1. The Morgan fingerprint density at radius 1 is 1.50 bits per heavy atom. The topological polar surface area (TPSA) is 49.4 Å². The number of benzene rings is 1. The molecule has 1 N–H and O–H groups in total. The molecule has 0 spiro atoms. The van der Waals surface area contributed by atoms with E-state index in [0.29, 0.717) is 31.0 Å². The van der Waals surface area contributed by atoms with Gasteiger partial charge in [0.1, 0.15) is 5.82 Å². The van der Waals surface area contributed by atoms with Gasteiger partial charge < -0.3 is 10.2 Å². The van der Waals surface area contributed by atoms with E-state index in [1.54, 1.807) is 12.1 Å². The van der Waals surface area contributed by atoms with Crippen LogP contribution in [0.25, 0.3) is 0 Å². The summed E-state index contributed by atoms with van der Waals surface area (Å²) in [7, 11) is 0. The van der Waals surface area contributed by atoms with Crippen molar-refractivity contribution in [3.8, 4) is 0 Å². The molecule has 0 bridgehead atoms. The molecule has 4 nitrogen and oxygen atoms in total. The van der Waals surface area contributed by atoms with Crippen molar-refractivity contribution >= 4 is 29.1 Å². The first kappa shape index (κ1) is 14.8. The van der Waals surface area contributed by atoms with Gasteiger partial charge in [0.15, 0.2) is 0 Å². The third kappa shape index (κ3) is 3.70. The van der Waals surface area contributed by atoms with Crippen molar-refractivity contribution in [2.75, 3.05) is 17.3 Å². The Labute approximate surface area is 121 Å². The van der Waals surface area contributed by atoms with Crippen molar-refractivity contribution in [2.24, 2.45) is 0 Å². The summed E-state index contributed by atoms with van der Waals surface area (Å²) < 4.78 is 13.2. The quantitative estimate of drug-likeness (QED) is 0.846. The van der Waals surface area contributed by atoms with E-state index in [0.717, 1.165) is 0 Å². The summed E-state index contributed by atoms with van der Waals surface area (Å²) in [5.41, 5.74) is 0.521. The second kappa shape index (κ2) is 6.70. The van der Waals surface area contributed by atoms with Crippen molar-refractivity contribution in [3.05, 3.63) is 30.1 Å². The van der Waals surface area contributed by atoms with E-state index in [2.05, 4.69) is 5.32 Å². The van der Waals surface area contributed by atoms with Crippen LogP contribution in [0.5, 0.6) is 0 Å². The van der Waals surface area contributed by atoms with E-state index in [4.69, 9.17) is 11.6 Å². The third-order valence-corrected chi connectivity index (χ3v) is 3.41. The molecule has 1 fully saturated rings. The number of rotatable bonds is 5. The van der Waals surface area contributed by atoms with Crippen LogP contribution >= 0.6 is 11.6 Å². The molecular formula is C14H16ClFN2O2. The third-order valence-electron chi connectivity index (χ3n) is 3.15. The lowest BCUT2D eigenvalue weighted by Gasteiger charge is -2.17. The Bertz CT molecular complexity index is 510. The fraction of sp³-hybridized carbons (Fsp3) is 0.429. The van der Waals surface area contributed by atoms with Crippen LogP contribution in [0.1, 0.15) is 19.3 Å². The monoisotopic (exact) mass is 298 g/mol. The Hall–Kier alpha value is -1.62. The molecule has 20 heavy (non-hydrogen) atoms. The number of anilines is 1. The normalized spacial score (nSPS) is 18.4. The van der Waals surface area contributed by atoms with E-state index in [-0.39, 0.29) is 30.1 Å². The lowest BCUT2D eigenvalue weighted by atomic mass is 10.2. The van der Waals surface area contributed by atoms with Crippen LogP contribution in [0.15, 0.2) is 24.3 Å². The second-order valence-electron chi connectivity index (χ2n) is 4.75. The van der Waals surface area contributed by atoms with Crippen LogP contribution in [0.3, 0.4) is 0 Å². The first-order chi connectivity index (χ1) is 9.60. The molecule has 1 aromatic carbocycles. The lowest BCUT2D eigenvalue weighted by Crippen LogP contribution is -2.37. The Morgan fingerprint density at radius 3 is 3.00 bits per heavy atom. The summed E-state index contributed by atoms with van der Waals surface area (Å²) in [5, 5.41) is 2.80. The molecule has 6 heteroatoms. The van der Waals surface area contributed by atoms with E-state index in [1.165, 1.54) is 17.0 Å². The molecular weight excluding hydrogens is 283 g/mol. The van der Waals surface area contributed by atoms with Gasteiger partial charge in [0, 0.05) is 31.0 Å². The fourth-order valence-electron chi connectivity index (χ4n) is 2.23. The standard InChI is InChI=1S/C14H16ClFN2O2/c15-6-2-5-13(19)17-11-8-14(20)18(9-11)12-4-1-3-10(16)7-12/h1,3-4,7,11H,2,5-6,8-9H2,(H,17,19). The van der Waals surface area contributed by atoms with E-state index < -0.39 is 0 Å². The number of hydrogen-bond acceptors (Lipinski definition) is 2. The first-order valence-corrected chi connectivity index (χ1v) is 7.05. The summed E-state index contributed by atoms with van der Waals surface area (Å²) in [4.78, 5) is 25.0. The minimum atomic E-state index is -0.384. The molecule has 108 valence electrons. The summed E-state index contributed by atoms with van der Waals surface area (Å²) in [5.74, 6) is -0.167. The predicted molar refractivity (Wildman–Crippen MR) is 75.3 cm³/mol. The molecule has 1 aliphatic rings. The van der Waals surface area contributed by atoms with Gasteiger partial charge in [-0.15, -0.1) is 11.6 Å². The molecule has 2 amide bonds. The Morgan fingerprint density at radius 2 is 2.30 bits per heavy atom. The highest BCUT2D eigenvalue weighted by atomic mass is 35.5. The maximum absolute atomic E-state index is 13.2. The lowest BCUT2D eigenvalue weighted by molar-refractivity contribution is -0.121. The zero-order valence-corrected chi connectivity index (χ0v) is 11.7. The number of carbonyl (C=O) groups excluding carboxylic acids is 2. The molecule has 2 rings (SSSR count). The molecule has 1 atom stereocenters. The van der Waals surface area contributed by atoms with Crippen LogP contribution in [0.2, 0.25) is 0 Å². The number of halogens is 2. The van der Waals surface area contributed by atoms with Gasteiger partial charge in [0.05, 0.1) is 6.04 Å². The number of amides is 2. The Balaban J connectivity index is 1.95. The predicted octanol–water partition coefficient (Wildman–Crippen LogP) is 2.07. The maximum Gasteiger partial charge on any atom is 0.229 e. The molecule has 0 saturated carbocycles. The highest BCUT2D eigenvalue weighted by Gasteiger charge is 2.31. The van der Waals surface area contributed by atoms with Crippen molar-refractivity contribution in [1.82, 2.24) is 5.32 Å². The second-order valence-corrected chi connectivity index (χ2v) is 5.12. The number of hydrogen-bond donors (Lipinski definition) is 1. The molecule has 1 unspecified atom stereocenters. The minimum Gasteiger partial charge on any atom is -0.351 e. The highest BCUT2D eigenvalue weighted by Crippen LogP contribution is 2.22. The molecule has 1 heterocycles. The maximum atomic E-state index is 13.2. The molecule has 0 radical (unpaired) electrons. The average molecular weight is 299 g/mol. The zero-order chi connectivity index (χ0) is 14.5. The minimum absolute atomic E-state index is 0.107. The Kier molecular flexibility index (Phi) is 4.95. The van der Waals surface area contributed by atoms with Crippen molar-refractivity contribution in [3.63, 3.8) is 0 Å². The summed E-state index contributed by atoms with van der Waals surface area (Å²) in [6.07, 6.45) is 1.21. The summed E-state index contributed by atoms with van der Waals surface area (Å²) in [6.45, 7) is 0.370. The number of carbonyl (C=O) groups is 2. The van der Waals surface area contributed by atoms with E-state index in [9.17, 15) is 14.0 Å². The molecule has 1 aromatic rings. The number of alkyl halides is 1. The van der Waals surface area contributed by atoms with Gasteiger partial charge >= 0.3 is 0 Å². The molecule has 1 aliphatic heterocycles. The average Bonchev–Trinajstić information content (AvgIpc) is 2.77. The van der Waals surface area contributed by atoms with E-state index in [1.807, 2.05) is 0 Å². The number of nitrogens with zero attached hydrogens (tertiary/aromatic N) is 1. The highest BCUT2D eigenvalue weighted by molar-refractivity contribution is 6.17.